The second kappa shape index (κ2) is 2.13. The summed E-state index contributed by atoms with van der Waals surface area (Å²) in [5, 5.41) is 0. The first-order chi connectivity index (χ1) is 4.24. The molecule has 0 fully saturated rings. The van der Waals surface area contributed by atoms with Gasteiger partial charge in [-0.25, -0.2) is 0 Å². The highest BCUT2D eigenvalue weighted by Crippen LogP contribution is 2.16. The number of hydrogen-bond donors (Lipinski definition) is 1. The minimum absolute atomic E-state index is 0.938. The smallest absolute Gasteiger partial charge is 0.139 e. The van der Waals surface area contributed by atoms with Crippen LogP contribution in [0.4, 0.5) is 0 Å². The minimum atomic E-state index is 0.938. The highest BCUT2D eigenvalue weighted by Gasteiger charge is 1.98. The number of hydrogen-bond acceptors (Lipinski definition) is 1. The van der Waals surface area contributed by atoms with Gasteiger partial charge >= 0.3 is 0 Å². The van der Waals surface area contributed by atoms with Crippen LogP contribution < -0.4 is 4.74 Å². The number of H-pyrrole nitrogens is 1. The van der Waals surface area contributed by atoms with Crippen molar-refractivity contribution in [2.75, 3.05) is 7.11 Å². The molecule has 0 radical (unpaired) electrons. The van der Waals surface area contributed by atoms with E-state index in [-0.39, 0.29) is 0 Å². The number of aryl methyl sites for hydroxylation is 2. The summed E-state index contributed by atoms with van der Waals surface area (Å²) in [6, 6.07) is 1.98. The van der Waals surface area contributed by atoms with E-state index in [0.29, 0.717) is 0 Å². The quantitative estimate of drug-likeness (QED) is 0.606. The zero-order chi connectivity index (χ0) is 6.85. The molecule has 1 N–H and O–H groups in total. The Morgan fingerprint density at radius 2 is 2.11 bits per heavy atom. The molecule has 1 aromatic rings. The number of ether oxygens (including phenoxy) is 1. The number of methoxy groups -OCH3 is 1. The standard InChI is InChI=1S/C7H11NO/c1-5-4-7(9-3)6(2)8-5/h4,8H,1-3H3. The topological polar surface area (TPSA) is 25.0 Å². The van der Waals surface area contributed by atoms with E-state index in [1.54, 1.807) is 7.11 Å². The maximum absolute atomic E-state index is 5.03. The molecule has 0 saturated heterocycles. The second-order valence-corrected chi connectivity index (χ2v) is 2.15. The van der Waals surface area contributed by atoms with E-state index in [1.807, 2.05) is 19.9 Å². The van der Waals surface area contributed by atoms with E-state index in [1.165, 1.54) is 0 Å². The van der Waals surface area contributed by atoms with Gasteiger partial charge in [0.2, 0.25) is 0 Å². The van der Waals surface area contributed by atoms with Crippen LogP contribution in [0.25, 0.3) is 0 Å². The molecule has 0 aromatic carbocycles. The maximum atomic E-state index is 5.03. The van der Waals surface area contributed by atoms with Crippen LogP contribution in [0.3, 0.4) is 0 Å². The number of rotatable bonds is 1. The van der Waals surface area contributed by atoms with Gasteiger partial charge in [-0.2, -0.15) is 0 Å². The fraction of sp³-hybridized carbons (Fsp3) is 0.429. The third-order valence-corrected chi connectivity index (χ3v) is 1.32. The van der Waals surface area contributed by atoms with Crippen LogP contribution in [0.15, 0.2) is 6.07 Å². The molecule has 1 aromatic heterocycles. The van der Waals surface area contributed by atoms with E-state index in [0.717, 1.165) is 17.1 Å². The van der Waals surface area contributed by atoms with Crippen LogP contribution >= 0.6 is 0 Å². The van der Waals surface area contributed by atoms with Gasteiger partial charge in [0.15, 0.2) is 0 Å². The Balaban J connectivity index is 3.01. The lowest BCUT2D eigenvalue weighted by atomic mass is 10.4. The number of nitrogens with one attached hydrogen (secondary N) is 1. The summed E-state index contributed by atoms with van der Waals surface area (Å²) in [5.74, 6) is 0.938. The van der Waals surface area contributed by atoms with Gasteiger partial charge in [0.25, 0.3) is 0 Å². The molecule has 0 atom stereocenters. The van der Waals surface area contributed by atoms with E-state index < -0.39 is 0 Å². The molecule has 0 bridgehead atoms. The predicted molar refractivity (Wildman–Crippen MR) is 36.8 cm³/mol. The van der Waals surface area contributed by atoms with Gasteiger partial charge in [0.1, 0.15) is 5.75 Å². The molecule has 0 amide bonds. The maximum Gasteiger partial charge on any atom is 0.139 e. The van der Waals surface area contributed by atoms with Crippen molar-refractivity contribution in [1.29, 1.82) is 0 Å². The van der Waals surface area contributed by atoms with Gasteiger partial charge < -0.3 is 9.72 Å². The van der Waals surface area contributed by atoms with Gasteiger partial charge in [-0.15, -0.1) is 0 Å². The summed E-state index contributed by atoms with van der Waals surface area (Å²) in [6.07, 6.45) is 0. The van der Waals surface area contributed by atoms with Gasteiger partial charge in [-0.3, -0.25) is 0 Å². The van der Waals surface area contributed by atoms with Crippen LogP contribution in [0.5, 0.6) is 5.75 Å². The molecule has 0 aliphatic rings. The first-order valence-electron chi connectivity index (χ1n) is 2.94. The van der Waals surface area contributed by atoms with E-state index in [2.05, 4.69) is 4.98 Å². The van der Waals surface area contributed by atoms with Gasteiger partial charge in [-0.05, 0) is 13.8 Å². The zero-order valence-electron chi connectivity index (χ0n) is 5.99. The second-order valence-electron chi connectivity index (χ2n) is 2.15. The predicted octanol–water partition coefficient (Wildman–Crippen LogP) is 1.64. The van der Waals surface area contributed by atoms with E-state index in [4.69, 9.17) is 4.74 Å². The first-order valence-corrected chi connectivity index (χ1v) is 2.94. The van der Waals surface area contributed by atoms with Crippen LogP contribution in [0.1, 0.15) is 11.4 Å². The number of aromatic nitrogens is 1. The zero-order valence-corrected chi connectivity index (χ0v) is 5.99. The average Bonchev–Trinajstić information content (AvgIpc) is 2.10. The fourth-order valence-corrected chi connectivity index (χ4v) is 0.910. The molecule has 0 saturated carbocycles. The summed E-state index contributed by atoms with van der Waals surface area (Å²) < 4.78 is 5.03. The highest BCUT2D eigenvalue weighted by molar-refractivity contribution is 5.30. The molecule has 2 heteroatoms. The van der Waals surface area contributed by atoms with Crippen molar-refractivity contribution in [3.8, 4) is 5.75 Å². The van der Waals surface area contributed by atoms with E-state index in [9.17, 15) is 0 Å². The Morgan fingerprint density at radius 3 is 2.33 bits per heavy atom. The normalized spacial score (nSPS) is 9.67. The molecule has 0 spiro atoms. The molecule has 2 nitrogen and oxygen atoms in total. The molecule has 0 aliphatic heterocycles. The highest BCUT2D eigenvalue weighted by atomic mass is 16.5. The van der Waals surface area contributed by atoms with Crippen molar-refractivity contribution in [3.63, 3.8) is 0 Å². The van der Waals surface area contributed by atoms with Crippen molar-refractivity contribution in [3.05, 3.63) is 17.5 Å². The molecule has 0 aliphatic carbocycles. The summed E-state index contributed by atoms with van der Waals surface area (Å²) in [6.45, 7) is 4.00. The van der Waals surface area contributed by atoms with Crippen molar-refractivity contribution in [1.82, 2.24) is 4.98 Å². The summed E-state index contributed by atoms with van der Waals surface area (Å²) >= 11 is 0. The van der Waals surface area contributed by atoms with Gasteiger partial charge in [0, 0.05) is 11.8 Å². The molecule has 0 unspecified atom stereocenters. The van der Waals surface area contributed by atoms with Gasteiger partial charge in [-0.1, -0.05) is 0 Å². The Bertz CT molecular complexity index is 203. The molecule has 50 valence electrons. The van der Waals surface area contributed by atoms with Gasteiger partial charge in [0.05, 0.1) is 12.8 Å². The van der Waals surface area contributed by atoms with Crippen LogP contribution in [0, 0.1) is 13.8 Å². The van der Waals surface area contributed by atoms with Crippen molar-refractivity contribution in [2.45, 2.75) is 13.8 Å². The summed E-state index contributed by atoms with van der Waals surface area (Å²) in [5.41, 5.74) is 2.24. The number of aromatic amines is 1. The van der Waals surface area contributed by atoms with Crippen LogP contribution in [0.2, 0.25) is 0 Å². The summed E-state index contributed by atoms with van der Waals surface area (Å²) in [7, 11) is 1.68. The van der Waals surface area contributed by atoms with Crippen LogP contribution in [-0.2, 0) is 0 Å². The Kier molecular flexibility index (Phi) is 1.47. The van der Waals surface area contributed by atoms with E-state index >= 15 is 0 Å². The minimum Gasteiger partial charge on any atom is -0.495 e. The third kappa shape index (κ3) is 1.07. The lowest BCUT2D eigenvalue weighted by Crippen LogP contribution is -1.80. The average molecular weight is 125 g/mol. The summed E-state index contributed by atoms with van der Waals surface area (Å²) in [4.78, 5) is 3.13. The molecule has 1 heterocycles. The third-order valence-electron chi connectivity index (χ3n) is 1.32. The lowest BCUT2D eigenvalue weighted by Gasteiger charge is -1.93. The molecule has 9 heavy (non-hydrogen) atoms. The van der Waals surface area contributed by atoms with Crippen molar-refractivity contribution < 1.29 is 4.74 Å². The van der Waals surface area contributed by atoms with Crippen molar-refractivity contribution in [2.24, 2.45) is 0 Å². The van der Waals surface area contributed by atoms with Crippen molar-refractivity contribution >= 4 is 0 Å². The largest absolute Gasteiger partial charge is 0.495 e. The lowest BCUT2D eigenvalue weighted by molar-refractivity contribution is 0.412. The Labute approximate surface area is 54.8 Å². The molecule has 1 rings (SSSR count). The monoisotopic (exact) mass is 125 g/mol. The Morgan fingerprint density at radius 1 is 1.44 bits per heavy atom. The first kappa shape index (κ1) is 6.20. The SMILES string of the molecule is COc1cc(C)[nH]c1C. The molecular formula is C7H11NO. The van der Waals surface area contributed by atoms with Crippen LogP contribution in [-0.4, -0.2) is 12.1 Å². The Hall–Kier alpha value is -0.920. The fourth-order valence-electron chi connectivity index (χ4n) is 0.910. The molecular weight excluding hydrogens is 114 g/mol.